The Morgan fingerprint density at radius 3 is 2.67 bits per heavy atom. The number of non-ortho nitro benzene ring substituents is 1. The van der Waals surface area contributed by atoms with E-state index in [1.165, 1.54) is 12.1 Å². The third-order valence-electron chi connectivity index (χ3n) is 3.35. The van der Waals surface area contributed by atoms with Crippen LogP contribution in [0.2, 0.25) is 0 Å². The number of benzene rings is 2. The lowest BCUT2D eigenvalue weighted by atomic mass is 10.0. The molecule has 5 nitrogen and oxygen atoms in total. The first-order valence-corrected chi connectivity index (χ1v) is 6.48. The molecule has 0 radical (unpaired) electrons. The topological polar surface area (TPSA) is 76.0 Å². The van der Waals surface area contributed by atoms with Crippen LogP contribution >= 0.6 is 0 Å². The zero-order chi connectivity index (χ0) is 14.8. The van der Waals surface area contributed by atoms with Crippen molar-refractivity contribution < 1.29 is 4.92 Å². The van der Waals surface area contributed by atoms with Crippen molar-refractivity contribution in [1.29, 1.82) is 0 Å². The second kappa shape index (κ2) is 5.20. The Bertz CT molecular complexity index is 884. The van der Waals surface area contributed by atoms with Gasteiger partial charge in [-0.2, -0.15) is 0 Å². The molecule has 3 rings (SSSR count). The zero-order valence-electron chi connectivity index (χ0n) is 11.1. The number of nitrogens with zero attached hydrogens (tertiary/aromatic N) is 1. The van der Waals surface area contributed by atoms with Crippen molar-refractivity contribution in [2.75, 3.05) is 0 Å². The molecule has 0 spiro atoms. The molecule has 0 aliphatic carbocycles. The quantitative estimate of drug-likeness (QED) is 0.591. The number of hydrogen-bond acceptors (Lipinski definition) is 3. The van der Waals surface area contributed by atoms with Crippen molar-refractivity contribution in [2.24, 2.45) is 0 Å². The van der Waals surface area contributed by atoms with Crippen molar-refractivity contribution in [1.82, 2.24) is 4.98 Å². The molecule has 0 saturated heterocycles. The van der Waals surface area contributed by atoms with Crippen LogP contribution in [0.25, 0.3) is 10.9 Å². The summed E-state index contributed by atoms with van der Waals surface area (Å²) >= 11 is 0. The average molecular weight is 280 g/mol. The minimum absolute atomic E-state index is 0.0321. The molecule has 0 atom stereocenters. The summed E-state index contributed by atoms with van der Waals surface area (Å²) in [6.45, 7) is 0. The molecule has 0 saturated carbocycles. The predicted octanol–water partition coefficient (Wildman–Crippen LogP) is 3.03. The summed E-state index contributed by atoms with van der Waals surface area (Å²) in [5, 5.41) is 11.7. The molecule has 0 bridgehead atoms. The SMILES string of the molecule is O=c1[nH]c2ccccc2cc1Cc1cccc([N+](=O)[O-])c1. The summed E-state index contributed by atoms with van der Waals surface area (Å²) in [6, 6.07) is 15.7. The Morgan fingerprint density at radius 2 is 1.86 bits per heavy atom. The van der Waals surface area contributed by atoms with E-state index in [0.717, 1.165) is 16.5 Å². The predicted molar refractivity (Wildman–Crippen MR) is 80.5 cm³/mol. The second-order valence-corrected chi connectivity index (χ2v) is 4.81. The fraction of sp³-hybridized carbons (Fsp3) is 0.0625. The number of nitrogens with one attached hydrogen (secondary N) is 1. The second-order valence-electron chi connectivity index (χ2n) is 4.81. The largest absolute Gasteiger partial charge is 0.322 e. The highest BCUT2D eigenvalue weighted by Gasteiger charge is 2.08. The number of aromatic amines is 1. The first-order chi connectivity index (χ1) is 10.1. The van der Waals surface area contributed by atoms with Gasteiger partial charge in [0.25, 0.3) is 11.2 Å². The van der Waals surface area contributed by atoms with Gasteiger partial charge in [-0.15, -0.1) is 0 Å². The molecule has 1 aromatic heterocycles. The summed E-state index contributed by atoms with van der Waals surface area (Å²) in [6.07, 6.45) is 0.363. The number of rotatable bonds is 3. The van der Waals surface area contributed by atoms with Gasteiger partial charge in [0.1, 0.15) is 0 Å². The van der Waals surface area contributed by atoms with Crippen LogP contribution < -0.4 is 5.56 Å². The number of hydrogen-bond donors (Lipinski definition) is 1. The summed E-state index contributed by atoms with van der Waals surface area (Å²) in [5.41, 5.74) is 1.98. The van der Waals surface area contributed by atoms with E-state index in [9.17, 15) is 14.9 Å². The van der Waals surface area contributed by atoms with E-state index < -0.39 is 4.92 Å². The van der Waals surface area contributed by atoms with Crippen LogP contribution in [-0.4, -0.2) is 9.91 Å². The summed E-state index contributed by atoms with van der Waals surface area (Å²) < 4.78 is 0. The Balaban J connectivity index is 2.01. The maximum atomic E-state index is 12.1. The standard InChI is InChI=1S/C16H12N2O3/c19-16-13(10-12-5-1-2-7-15(12)17-16)8-11-4-3-6-14(9-11)18(20)21/h1-7,9-10H,8H2,(H,17,19). The van der Waals surface area contributed by atoms with E-state index in [1.54, 1.807) is 12.1 Å². The number of pyridine rings is 1. The monoisotopic (exact) mass is 280 g/mol. The van der Waals surface area contributed by atoms with Gasteiger partial charge in [-0.1, -0.05) is 30.3 Å². The zero-order valence-corrected chi connectivity index (χ0v) is 11.1. The van der Waals surface area contributed by atoms with Gasteiger partial charge in [-0.3, -0.25) is 14.9 Å². The lowest BCUT2D eigenvalue weighted by Gasteiger charge is -2.04. The number of H-pyrrole nitrogens is 1. The van der Waals surface area contributed by atoms with Gasteiger partial charge in [-0.05, 0) is 23.1 Å². The lowest BCUT2D eigenvalue weighted by molar-refractivity contribution is -0.384. The van der Waals surface area contributed by atoms with E-state index in [4.69, 9.17) is 0 Å². The normalized spacial score (nSPS) is 10.7. The highest BCUT2D eigenvalue weighted by atomic mass is 16.6. The summed E-state index contributed by atoms with van der Waals surface area (Å²) in [5.74, 6) is 0. The molecule has 1 N–H and O–H groups in total. The molecule has 5 heteroatoms. The Morgan fingerprint density at radius 1 is 1.05 bits per heavy atom. The highest BCUT2D eigenvalue weighted by Crippen LogP contribution is 2.17. The molecule has 3 aromatic rings. The van der Waals surface area contributed by atoms with E-state index in [-0.39, 0.29) is 11.2 Å². The fourth-order valence-corrected chi connectivity index (χ4v) is 2.32. The van der Waals surface area contributed by atoms with E-state index in [0.29, 0.717) is 12.0 Å². The number of para-hydroxylation sites is 1. The van der Waals surface area contributed by atoms with E-state index in [1.807, 2.05) is 30.3 Å². The Hall–Kier alpha value is -2.95. The summed E-state index contributed by atoms with van der Waals surface area (Å²) in [4.78, 5) is 25.2. The molecule has 2 aromatic carbocycles. The van der Waals surface area contributed by atoms with Gasteiger partial charge < -0.3 is 4.98 Å². The number of aromatic nitrogens is 1. The highest BCUT2D eigenvalue weighted by molar-refractivity contribution is 5.78. The smallest absolute Gasteiger partial charge is 0.269 e. The molecular formula is C16H12N2O3. The fourth-order valence-electron chi connectivity index (χ4n) is 2.32. The van der Waals surface area contributed by atoms with Crippen LogP contribution in [-0.2, 0) is 6.42 Å². The Kier molecular flexibility index (Phi) is 3.23. The third-order valence-corrected chi connectivity index (χ3v) is 3.35. The molecule has 0 fully saturated rings. The molecule has 104 valence electrons. The van der Waals surface area contributed by atoms with E-state index in [2.05, 4.69) is 4.98 Å². The lowest BCUT2D eigenvalue weighted by Crippen LogP contribution is -2.12. The van der Waals surface area contributed by atoms with Crippen molar-refractivity contribution in [3.63, 3.8) is 0 Å². The molecular weight excluding hydrogens is 268 g/mol. The van der Waals surface area contributed by atoms with Crippen molar-refractivity contribution in [3.05, 3.63) is 86.2 Å². The van der Waals surface area contributed by atoms with Crippen LogP contribution in [0.1, 0.15) is 11.1 Å². The van der Waals surface area contributed by atoms with Crippen LogP contribution in [0.5, 0.6) is 0 Å². The van der Waals surface area contributed by atoms with Crippen molar-refractivity contribution in [3.8, 4) is 0 Å². The van der Waals surface area contributed by atoms with Crippen molar-refractivity contribution in [2.45, 2.75) is 6.42 Å². The van der Waals surface area contributed by atoms with Crippen LogP contribution in [0.4, 0.5) is 5.69 Å². The van der Waals surface area contributed by atoms with Gasteiger partial charge in [-0.25, -0.2) is 0 Å². The van der Waals surface area contributed by atoms with Gasteiger partial charge in [0, 0.05) is 29.6 Å². The maximum Gasteiger partial charge on any atom is 0.269 e. The average Bonchev–Trinajstić information content (AvgIpc) is 2.48. The molecule has 0 unspecified atom stereocenters. The van der Waals surface area contributed by atoms with Gasteiger partial charge in [0.2, 0.25) is 0 Å². The van der Waals surface area contributed by atoms with Crippen LogP contribution in [0.15, 0.2) is 59.4 Å². The maximum absolute atomic E-state index is 12.1. The molecule has 0 amide bonds. The van der Waals surface area contributed by atoms with Gasteiger partial charge in [0.15, 0.2) is 0 Å². The van der Waals surface area contributed by atoms with Crippen LogP contribution in [0.3, 0.4) is 0 Å². The summed E-state index contributed by atoms with van der Waals surface area (Å²) in [7, 11) is 0. The van der Waals surface area contributed by atoms with Gasteiger partial charge >= 0.3 is 0 Å². The van der Waals surface area contributed by atoms with Crippen LogP contribution in [0, 0.1) is 10.1 Å². The molecule has 1 heterocycles. The third kappa shape index (κ3) is 2.67. The minimum Gasteiger partial charge on any atom is -0.322 e. The first kappa shape index (κ1) is 13.1. The van der Waals surface area contributed by atoms with Crippen molar-refractivity contribution >= 4 is 16.6 Å². The van der Waals surface area contributed by atoms with Gasteiger partial charge in [0.05, 0.1) is 4.92 Å². The van der Waals surface area contributed by atoms with E-state index >= 15 is 0 Å². The number of nitro benzene ring substituents is 1. The number of nitro groups is 1. The number of fused-ring (bicyclic) bond motifs is 1. The minimum atomic E-state index is -0.436. The first-order valence-electron chi connectivity index (χ1n) is 6.48. The molecule has 0 aliphatic heterocycles. The Labute approximate surface area is 120 Å². The molecule has 21 heavy (non-hydrogen) atoms. The molecule has 0 aliphatic rings.